The second kappa shape index (κ2) is 6.99. The molecule has 1 saturated heterocycles. The highest BCUT2D eigenvalue weighted by Crippen LogP contribution is 2.15. The minimum absolute atomic E-state index is 0.0359. The van der Waals surface area contributed by atoms with Gasteiger partial charge in [0.25, 0.3) is 5.91 Å². The molecule has 2 aromatic rings. The number of ether oxygens (including phenoxy) is 2. The molecule has 1 amide bonds. The number of hydrogen-bond acceptors (Lipinski definition) is 6. The largest absolute Gasteiger partial charge is 0.484 e. The molecule has 1 N–H and O–H groups in total. The van der Waals surface area contributed by atoms with Crippen LogP contribution in [0.25, 0.3) is 5.69 Å². The maximum Gasteiger partial charge on any atom is 0.258 e. The van der Waals surface area contributed by atoms with Crippen molar-refractivity contribution in [3.8, 4) is 11.4 Å². The molecular weight excluding hydrogens is 286 g/mol. The van der Waals surface area contributed by atoms with Crippen LogP contribution in [-0.4, -0.2) is 52.0 Å². The molecular formula is C14H17N5O3. The summed E-state index contributed by atoms with van der Waals surface area (Å²) in [7, 11) is 0. The van der Waals surface area contributed by atoms with E-state index in [4.69, 9.17) is 9.47 Å². The Hall–Kier alpha value is -2.48. The molecule has 2 heterocycles. The Morgan fingerprint density at radius 1 is 1.50 bits per heavy atom. The van der Waals surface area contributed by atoms with Gasteiger partial charge in [-0.25, -0.2) is 4.68 Å². The minimum Gasteiger partial charge on any atom is -0.484 e. The number of carbonyl (C=O) groups is 1. The monoisotopic (exact) mass is 303 g/mol. The maximum atomic E-state index is 11.8. The fourth-order valence-corrected chi connectivity index (χ4v) is 2.23. The molecule has 8 heteroatoms. The summed E-state index contributed by atoms with van der Waals surface area (Å²) in [5.74, 6) is 0.420. The first-order valence-electron chi connectivity index (χ1n) is 7.16. The molecule has 0 radical (unpaired) electrons. The lowest BCUT2D eigenvalue weighted by atomic mass is 10.2. The highest BCUT2D eigenvalue weighted by molar-refractivity contribution is 5.77. The van der Waals surface area contributed by atoms with E-state index in [0.29, 0.717) is 12.3 Å². The quantitative estimate of drug-likeness (QED) is 0.827. The van der Waals surface area contributed by atoms with E-state index in [1.807, 2.05) is 12.1 Å². The molecule has 0 aliphatic carbocycles. The zero-order valence-corrected chi connectivity index (χ0v) is 12.0. The van der Waals surface area contributed by atoms with Crippen molar-refractivity contribution < 1.29 is 14.3 Å². The van der Waals surface area contributed by atoms with Crippen LogP contribution in [0.5, 0.6) is 5.75 Å². The summed E-state index contributed by atoms with van der Waals surface area (Å²) in [5, 5.41) is 13.8. The predicted octanol–water partition coefficient (Wildman–Crippen LogP) is 0.336. The molecule has 1 aliphatic rings. The van der Waals surface area contributed by atoms with Crippen LogP contribution in [0.15, 0.2) is 30.6 Å². The van der Waals surface area contributed by atoms with Gasteiger partial charge in [0.1, 0.15) is 12.1 Å². The smallest absolute Gasteiger partial charge is 0.258 e. The van der Waals surface area contributed by atoms with Crippen LogP contribution in [0, 0.1) is 0 Å². The van der Waals surface area contributed by atoms with Crippen molar-refractivity contribution in [3.05, 3.63) is 30.6 Å². The van der Waals surface area contributed by atoms with Crippen molar-refractivity contribution >= 4 is 5.91 Å². The zero-order valence-electron chi connectivity index (χ0n) is 12.0. The van der Waals surface area contributed by atoms with Gasteiger partial charge in [0.2, 0.25) is 0 Å². The Kier molecular flexibility index (Phi) is 4.59. The third kappa shape index (κ3) is 3.79. The van der Waals surface area contributed by atoms with Gasteiger partial charge in [-0.1, -0.05) is 6.07 Å². The molecule has 22 heavy (non-hydrogen) atoms. The second-order valence-corrected chi connectivity index (χ2v) is 4.98. The molecule has 3 rings (SSSR count). The Labute approximate surface area is 127 Å². The molecule has 116 valence electrons. The number of tetrazole rings is 1. The van der Waals surface area contributed by atoms with Crippen LogP contribution >= 0.6 is 0 Å². The number of amides is 1. The average Bonchev–Trinajstić information content (AvgIpc) is 3.24. The van der Waals surface area contributed by atoms with Crippen molar-refractivity contribution in [2.45, 2.75) is 18.9 Å². The number of nitrogens with one attached hydrogen (secondary N) is 1. The molecule has 0 spiro atoms. The van der Waals surface area contributed by atoms with Crippen molar-refractivity contribution in [2.24, 2.45) is 0 Å². The van der Waals surface area contributed by atoms with Crippen LogP contribution < -0.4 is 10.1 Å². The van der Waals surface area contributed by atoms with Gasteiger partial charge >= 0.3 is 0 Å². The fourth-order valence-electron chi connectivity index (χ4n) is 2.23. The third-order valence-electron chi connectivity index (χ3n) is 3.35. The molecule has 1 fully saturated rings. The van der Waals surface area contributed by atoms with Crippen LogP contribution in [0.3, 0.4) is 0 Å². The van der Waals surface area contributed by atoms with E-state index in [0.717, 1.165) is 25.1 Å². The molecule has 1 atom stereocenters. The standard InChI is InChI=1S/C14H17N5O3/c20-14(15-8-13-5-2-6-21-13)9-22-12-4-1-3-11(7-12)19-10-16-17-18-19/h1,3-4,7,10,13H,2,5-6,8-9H2,(H,15,20). The maximum absolute atomic E-state index is 11.8. The summed E-state index contributed by atoms with van der Waals surface area (Å²) in [4.78, 5) is 11.8. The first-order chi connectivity index (χ1) is 10.8. The molecule has 8 nitrogen and oxygen atoms in total. The summed E-state index contributed by atoms with van der Waals surface area (Å²) >= 11 is 0. The van der Waals surface area contributed by atoms with E-state index in [1.165, 1.54) is 11.0 Å². The highest BCUT2D eigenvalue weighted by atomic mass is 16.5. The zero-order chi connectivity index (χ0) is 15.2. The number of rotatable bonds is 6. The third-order valence-corrected chi connectivity index (χ3v) is 3.35. The van der Waals surface area contributed by atoms with Gasteiger partial charge in [-0.15, -0.1) is 5.10 Å². The van der Waals surface area contributed by atoms with Crippen molar-refractivity contribution in [1.29, 1.82) is 0 Å². The normalized spacial score (nSPS) is 17.4. The van der Waals surface area contributed by atoms with Crippen molar-refractivity contribution in [2.75, 3.05) is 19.8 Å². The van der Waals surface area contributed by atoms with Crippen LogP contribution in [-0.2, 0) is 9.53 Å². The number of hydrogen-bond donors (Lipinski definition) is 1. The van der Waals surface area contributed by atoms with E-state index in [1.54, 1.807) is 12.1 Å². The second-order valence-electron chi connectivity index (χ2n) is 4.98. The lowest BCUT2D eigenvalue weighted by molar-refractivity contribution is -0.123. The fraction of sp³-hybridized carbons (Fsp3) is 0.429. The minimum atomic E-state index is -0.164. The number of nitrogens with zero attached hydrogens (tertiary/aromatic N) is 4. The molecule has 1 aliphatic heterocycles. The molecule has 1 aromatic carbocycles. The van der Waals surface area contributed by atoms with Gasteiger partial charge in [-0.2, -0.15) is 0 Å². The van der Waals surface area contributed by atoms with Crippen molar-refractivity contribution in [1.82, 2.24) is 25.5 Å². The summed E-state index contributed by atoms with van der Waals surface area (Å²) in [6, 6.07) is 7.21. The first-order valence-corrected chi connectivity index (χ1v) is 7.16. The molecule has 0 bridgehead atoms. The van der Waals surface area contributed by atoms with E-state index in [-0.39, 0.29) is 18.6 Å². The summed E-state index contributed by atoms with van der Waals surface area (Å²) in [6.07, 6.45) is 3.68. The van der Waals surface area contributed by atoms with Crippen molar-refractivity contribution in [3.63, 3.8) is 0 Å². The Morgan fingerprint density at radius 2 is 2.45 bits per heavy atom. The van der Waals surface area contributed by atoms with E-state index in [9.17, 15) is 4.79 Å². The van der Waals surface area contributed by atoms with Gasteiger partial charge in [-0.05, 0) is 35.4 Å². The topological polar surface area (TPSA) is 91.2 Å². The molecule has 0 saturated carbocycles. The van der Waals surface area contributed by atoms with Crippen LogP contribution in [0.4, 0.5) is 0 Å². The van der Waals surface area contributed by atoms with Gasteiger partial charge < -0.3 is 14.8 Å². The number of aromatic nitrogens is 4. The van der Waals surface area contributed by atoms with Gasteiger partial charge in [-0.3, -0.25) is 4.79 Å². The van der Waals surface area contributed by atoms with Gasteiger partial charge in [0.05, 0.1) is 11.8 Å². The van der Waals surface area contributed by atoms with Gasteiger partial charge in [0, 0.05) is 19.2 Å². The Bertz CT molecular complexity index is 611. The summed E-state index contributed by atoms with van der Waals surface area (Å²) in [6.45, 7) is 1.28. The molecule has 1 unspecified atom stereocenters. The first kappa shape index (κ1) is 14.5. The summed E-state index contributed by atoms with van der Waals surface area (Å²) in [5.41, 5.74) is 0.766. The lowest BCUT2D eigenvalue weighted by Gasteiger charge is -2.11. The molecule has 1 aromatic heterocycles. The number of benzene rings is 1. The average molecular weight is 303 g/mol. The number of carbonyl (C=O) groups excluding carboxylic acids is 1. The Balaban J connectivity index is 1.48. The van der Waals surface area contributed by atoms with E-state index in [2.05, 4.69) is 20.8 Å². The Morgan fingerprint density at radius 3 is 3.23 bits per heavy atom. The predicted molar refractivity (Wildman–Crippen MR) is 76.6 cm³/mol. The lowest BCUT2D eigenvalue weighted by Crippen LogP contribution is -2.35. The van der Waals surface area contributed by atoms with Crippen LogP contribution in [0.2, 0.25) is 0 Å². The highest BCUT2D eigenvalue weighted by Gasteiger charge is 2.16. The van der Waals surface area contributed by atoms with E-state index < -0.39 is 0 Å². The van der Waals surface area contributed by atoms with Crippen LogP contribution in [0.1, 0.15) is 12.8 Å². The summed E-state index contributed by atoms with van der Waals surface area (Å²) < 4.78 is 12.5. The van der Waals surface area contributed by atoms with E-state index >= 15 is 0 Å². The van der Waals surface area contributed by atoms with Gasteiger partial charge in [0.15, 0.2) is 6.61 Å². The SMILES string of the molecule is O=C(COc1cccc(-n2cnnn2)c1)NCC1CCCO1.